The Kier molecular flexibility index (Phi) is 3.60. The molecule has 2 aromatic rings. The van der Waals surface area contributed by atoms with Gasteiger partial charge < -0.3 is 5.32 Å². The molecule has 0 spiro atoms. The molecule has 0 aliphatic carbocycles. The van der Waals surface area contributed by atoms with Crippen LogP contribution in [0.2, 0.25) is 0 Å². The number of hydrogen-bond donors (Lipinski definition) is 1. The molecule has 0 bridgehead atoms. The third-order valence-corrected chi connectivity index (χ3v) is 3.38. The van der Waals surface area contributed by atoms with Crippen LogP contribution in [-0.2, 0) is 6.54 Å². The van der Waals surface area contributed by atoms with Crippen LogP contribution in [0.25, 0.3) is 0 Å². The zero-order chi connectivity index (χ0) is 13.2. The number of alkyl halides is 3. The van der Waals surface area contributed by atoms with Crippen molar-refractivity contribution in [3.8, 4) is 0 Å². The van der Waals surface area contributed by atoms with Crippen LogP contribution >= 0.6 is 11.3 Å². The van der Waals surface area contributed by atoms with Gasteiger partial charge >= 0.3 is 6.18 Å². The standard InChI is InChI=1S/C11H12F3N3S/c1-8(10-3-2-4-18-10)16-9-5-15-17(6-9)7-11(12,13)14/h2-6,8,16H,7H2,1H3/t8-/m0/s1. The van der Waals surface area contributed by atoms with Crippen LogP contribution in [0, 0.1) is 0 Å². The van der Waals surface area contributed by atoms with Gasteiger partial charge in [0, 0.05) is 11.1 Å². The highest BCUT2D eigenvalue weighted by molar-refractivity contribution is 7.10. The molecule has 2 rings (SSSR count). The molecule has 3 nitrogen and oxygen atoms in total. The molecule has 1 atom stereocenters. The van der Waals surface area contributed by atoms with Crippen molar-refractivity contribution in [2.24, 2.45) is 0 Å². The molecular formula is C11H12F3N3S. The van der Waals surface area contributed by atoms with E-state index in [0.29, 0.717) is 5.69 Å². The fourth-order valence-corrected chi connectivity index (χ4v) is 2.30. The number of rotatable bonds is 4. The third kappa shape index (κ3) is 3.49. The Morgan fingerprint density at radius 2 is 2.28 bits per heavy atom. The monoisotopic (exact) mass is 275 g/mol. The van der Waals surface area contributed by atoms with E-state index in [1.807, 2.05) is 24.4 Å². The van der Waals surface area contributed by atoms with E-state index >= 15 is 0 Å². The smallest absolute Gasteiger partial charge is 0.375 e. The highest BCUT2D eigenvalue weighted by Gasteiger charge is 2.28. The lowest BCUT2D eigenvalue weighted by molar-refractivity contribution is -0.142. The Balaban J connectivity index is 1.98. The molecule has 0 saturated carbocycles. The van der Waals surface area contributed by atoms with Crippen LogP contribution in [0.1, 0.15) is 17.8 Å². The maximum Gasteiger partial charge on any atom is 0.408 e. The van der Waals surface area contributed by atoms with Gasteiger partial charge in [0.25, 0.3) is 0 Å². The number of hydrogen-bond acceptors (Lipinski definition) is 3. The van der Waals surface area contributed by atoms with Crippen LogP contribution in [-0.4, -0.2) is 16.0 Å². The van der Waals surface area contributed by atoms with E-state index < -0.39 is 12.7 Å². The Morgan fingerprint density at radius 1 is 1.50 bits per heavy atom. The molecule has 0 unspecified atom stereocenters. The summed E-state index contributed by atoms with van der Waals surface area (Å²) in [4.78, 5) is 1.12. The van der Waals surface area contributed by atoms with Crippen molar-refractivity contribution in [2.75, 3.05) is 5.32 Å². The van der Waals surface area contributed by atoms with Crippen LogP contribution in [0.15, 0.2) is 29.9 Å². The number of aromatic nitrogens is 2. The maximum atomic E-state index is 12.2. The number of nitrogens with zero attached hydrogens (tertiary/aromatic N) is 2. The zero-order valence-electron chi connectivity index (χ0n) is 9.61. The van der Waals surface area contributed by atoms with Crippen molar-refractivity contribution in [2.45, 2.75) is 25.7 Å². The number of halogens is 3. The minimum absolute atomic E-state index is 0.0496. The molecular weight excluding hydrogens is 263 g/mol. The van der Waals surface area contributed by atoms with Crippen LogP contribution in [0.3, 0.4) is 0 Å². The number of nitrogens with one attached hydrogen (secondary N) is 1. The van der Waals surface area contributed by atoms with Crippen LogP contribution in [0.5, 0.6) is 0 Å². The van der Waals surface area contributed by atoms with Crippen molar-refractivity contribution < 1.29 is 13.2 Å². The summed E-state index contributed by atoms with van der Waals surface area (Å²) in [7, 11) is 0. The average molecular weight is 275 g/mol. The van der Waals surface area contributed by atoms with E-state index in [-0.39, 0.29) is 6.04 Å². The Labute approximate surface area is 106 Å². The second-order valence-corrected chi connectivity index (χ2v) is 4.90. The van der Waals surface area contributed by atoms with Crippen LogP contribution in [0.4, 0.5) is 18.9 Å². The van der Waals surface area contributed by atoms with Gasteiger partial charge in [0.2, 0.25) is 0 Å². The van der Waals surface area contributed by atoms with E-state index in [1.54, 1.807) is 11.3 Å². The first-order valence-electron chi connectivity index (χ1n) is 5.33. The number of thiophene rings is 1. The van der Waals surface area contributed by atoms with Gasteiger partial charge in [-0.05, 0) is 18.4 Å². The summed E-state index contributed by atoms with van der Waals surface area (Å²) in [5, 5.41) is 8.74. The van der Waals surface area contributed by atoms with Crippen molar-refractivity contribution in [3.63, 3.8) is 0 Å². The first kappa shape index (κ1) is 12.9. The summed E-state index contributed by atoms with van der Waals surface area (Å²) in [5.41, 5.74) is 0.583. The van der Waals surface area contributed by atoms with Crippen molar-refractivity contribution in [3.05, 3.63) is 34.8 Å². The van der Waals surface area contributed by atoms with Gasteiger partial charge in [-0.3, -0.25) is 4.68 Å². The largest absolute Gasteiger partial charge is 0.408 e. The minimum atomic E-state index is -4.25. The van der Waals surface area contributed by atoms with Gasteiger partial charge in [0.05, 0.1) is 17.9 Å². The van der Waals surface area contributed by atoms with Crippen molar-refractivity contribution >= 4 is 17.0 Å². The fourth-order valence-electron chi connectivity index (χ4n) is 1.57. The summed E-state index contributed by atoms with van der Waals surface area (Å²) in [6.45, 7) is 0.884. The van der Waals surface area contributed by atoms with Crippen molar-refractivity contribution in [1.82, 2.24) is 9.78 Å². The molecule has 0 saturated heterocycles. The zero-order valence-corrected chi connectivity index (χ0v) is 10.4. The van der Waals surface area contributed by atoms with Gasteiger partial charge in [-0.25, -0.2) is 0 Å². The Hall–Kier alpha value is -1.50. The third-order valence-electron chi connectivity index (χ3n) is 2.33. The summed E-state index contributed by atoms with van der Waals surface area (Å²) >= 11 is 1.60. The second kappa shape index (κ2) is 5.01. The highest BCUT2D eigenvalue weighted by Crippen LogP contribution is 2.23. The minimum Gasteiger partial charge on any atom is -0.375 e. The molecule has 98 valence electrons. The summed E-state index contributed by atoms with van der Waals surface area (Å²) < 4.78 is 37.3. The summed E-state index contributed by atoms with van der Waals surface area (Å²) in [6, 6.07) is 3.96. The predicted molar refractivity (Wildman–Crippen MR) is 64.6 cm³/mol. The molecule has 2 heterocycles. The van der Waals surface area contributed by atoms with Gasteiger partial charge in [-0.2, -0.15) is 18.3 Å². The first-order valence-corrected chi connectivity index (χ1v) is 6.21. The van der Waals surface area contributed by atoms with Crippen LogP contribution < -0.4 is 5.32 Å². The van der Waals surface area contributed by atoms with E-state index in [4.69, 9.17) is 0 Å². The van der Waals surface area contributed by atoms with E-state index in [1.165, 1.54) is 12.4 Å². The maximum absolute atomic E-state index is 12.2. The molecule has 0 aliphatic rings. The quantitative estimate of drug-likeness (QED) is 0.922. The summed E-state index contributed by atoms with van der Waals surface area (Å²) in [6.07, 6.45) is -1.49. The SMILES string of the molecule is C[C@H](Nc1cnn(CC(F)(F)F)c1)c1cccs1. The topological polar surface area (TPSA) is 29.9 Å². The summed E-state index contributed by atoms with van der Waals surface area (Å²) in [5.74, 6) is 0. The molecule has 0 aliphatic heterocycles. The van der Waals surface area contributed by atoms with Gasteiger partial charge in [0.15, 0.2) is 0 Å². The van der Waals surface area contributed by atoms with E-state index in [2.05, 4.69) is 10.4 Å². The lowest BCUT2D eigenvalue weighted by Crippen LogP contribution is -2.17. The first-order chi connectivity index (χ1) is 8.44. The fraction of sp³-hybridized carbons (Fsp3) is 0.364. The molecule has 2 aromatic heterocycles. The van der Waals surface area contributed by atoms with Gasteiger partial charge in [0.1, 0.15) is 6.54 Å². The normalized spacial score (nSPS) is 13.6. The lowest BCUT2D eigenvalue weighted by Gasteiger charge is -2.11. The lowest BCUT2D eigenvalue weighted by atomic mass is 10.3. The highest BCUT2D eigenvalue weighted by atomic mass is 32.1. The van der Waals surface area contributed by atoms with Gasteiger partial charge in [-0.15, -0.1) is 11.3 Å². The van der Waals surface area contributed by atoms with E-state index in [9.17, 15) is 13.2 Å². The molecule has 0 aromatic carbocycles. The molecule has 0 fully saturated rings. The predicted octanol–water partition coefficient (Wildman–Crippen LogP) is 3.68. The van der Waals surface area contributed by atoms with Gasteiger partial charge in [-0.1, -0.05) is 6.07 Å². The molecule has 1 N–H and O–H groups in total. The van der Waals surface area contributed by atoms with E-state index in [0.717, 1.165) is 9.56 Å². The Morgan fingerprint density at radius 3 is 2.89 bits per heavy atom. The molecule has 0 radical (unpaired) electrons. The number of anilines is 1. The second-order valence-electron chi connectivity index (χ2n) is 3.92. The Bertz CT molecular complexity index is 490. The average Bonchev–Trinajstić information content (AvgIpc) is 2.86. The van der Waals surface area contributed by atoms with Crippen molar-refractivity contribution in [1.29, 1.82) is 0 Å². The molecule has 18 heavy (non-hydrogen) atoms. The molecule has 0 amide bonds. The molecule has 7 heteroatoms.